The zero-order chi connectivity index (χ0) is 9.40. The average Bonchev–Trinajstić information content (AvgIpc) is 1.95. The third-order valence-electron chi connectivity index (χ3n) is 1.64. The molecular formula is C10H23NO. The second-order valence-corrected chi connectivity index (χ2v) is 3.90. The Morgan fingerprint density at radius 3 is 2.25 bits per heavy atom. The molecule has 0 aliphatic carbocycles. The number of ether oxygens (including phenoxy) is 1. The summed E-state index contributed by atoms with van der Waals surface area (Å²) in [5.41, 5.74) is 0. The molecule has 0 fully saturated rings. The highest BCUT2D eigenvalue weighted by Gasteiger charge is 1.94. The summed E-state index contributed by atoms with van der Waals surface area (Å²) in [4.78, 5) is 0. The van der Waals surface area contributed by atoms with E-state index in [1.54, 1.807) is 0 Å². The summed E-state index contributed by atoms with van der Waals surface area (Å²) in [5, 5.41) is 3.31. The van der Waals surface area contributed by atoms with E-state index >= 15 is 0 Å². The Hall–Kier alpha value is -0.0800. The lowest BCUT2D eigenvalue weighted by molar-refractivity contribution is 0.124. The summed E-state index contributed by atoms with van der Waals surface area (Å²) in [5.74, 6) is 0.753. The van der Waals surface area contributed by atoms with Gasteiger partial charge in [0.2, 0.25) is 0 Å². The van der Waals surface area contributed by atoms with Crippen LogP contribution in [0, 0.1) is 5.92 Å². The maximum Gasteiger partial charge on any atom is 0.0590 e. The predicted molar refractivity (Wildman–Crippen MR) is 53.4 cm³/mol. The van der Waals surface area contributed by atoms with Crippen LogP contribution in [0.1, 0.15) is 34.1 Å². The molecule has 0 aromatic heterocycles. The van der Waals surface area contributed by atoms with Crippen molar-refractivity contribution in [1.82, 2.24) is 5.32 Å². The van der Waals surface area contributed by atoms with Crippen molar-refractivity contribution in [2.45, 2.75) is 40.2 Å². The molecule has 0 heterocycles. The molecule has 1 N–H and O–H groups in total. The zero-order valence-electron chi connectivity index (χ0n) is 8.89. The van der Waals surface area contributed by atoms with Crippen LogP contribution in [0.2, 0.25) is 0 Å². The van der Waals surface area contributed by atoms with Crippen molar-refractivity contribution in [3.63, 3.8) is 0 Å². The van der Waals surface area contributed by atoms with Gasteiger partial charge in [-0.05, 0) is 12.3 Å². The minimum absolute atomic E-state index is 0.568. The summed E-state index contributed by atoms with van der Waals surface area (Å²) >= 11 is 0. The smallest absolute Gasteiger partial charge is 0.0590 e. The minimum Gasteiger partial charge on any atom is -0.380 e. The molecule has 0 saturated heterocycles. The van der Waals surface area contributed by atoms with Crippen molar-refractivity contribution < 1.29 is 4.74 Å². The maximum atomic E-state index is 5.43. The van der Waals surface area contributed by atoms with E-state index in [1.165, 1.54) is 6.42 Å². The molecule has 74 valence electrons. The lowest BCUT2D eigenvalue weighted by Crippen LogP contribution is -2.26. The van der Waals surface area contributed by atoms with Crippen LogP contribution >= 0.6 is 0 Å². The van der Waals surface area contributed by atoms with Crippen LogP contribution in [0.5, 0.6) is 0 Å². The van der Waals surface area contributed by atoms with Crippen LogP contribution in [0.15, 0.2) is 0 Å². The van der Waals surface area contributed by atoms with Crippen molar-refractivity contribution in [3.05, 3.63) is 0 Å². The monoisotopic (exact) mass is 173 g/mol. The van der Waals surface area contributed by atoms with Gasteiger partial charge in [-0.3, -0.25) is 0 Å². The second kappa shape index (κ2) is 7.56. The van der Waals surface area contributed by atoms with Gasteiger partial charge in [0.05, 0.1) is 6.61 Å². The van der Waals surface area contributed by atoms with E-state index in [9.17, 15) is 0 Å². The molecule has 0 saturated carbocycles. The van der Waals surface area contributed by atoms with Gasteiger partial charge >= 0.3 is 0 Å². The molecule has 0 aliphatic rings. The standard InChI is InChI=1S/C10H23NO/c1-9(2)5-7-12-8-6-11-10(3)4/h9-11H,5-8H2,1-4H3. The SMILES string of the molecule is CC(C)CCOCCNC(C)C. The van der Waals surface area contributed by atoms with Gasteiger partial charge in [0.1, 0.15) is 0 Å². The van der Waals surface area contributed by atoms with Gasteiger partial charge in [-0.2, -0.15) is 0 Å². The van der Waals surface area contributed by atoms with E-state index in [4.69, 9.17) is 4.74 Å². The highest BCUT2D eigenvalue weighted by molar-refractivity contribution is 4.51. The molecule has 0 radical (unpaired) electrons. The Balaban J connectivity index is 2.91. The van der Waals surface area contributed by atoms with Gasteiger partial charge in [-0.15, -0.1) is 0 Å². The van der Waals surface area contributed by atoms with E-state index < -0.39 is 0 Å². The molecule has 0 rings (SSSR count). The first-order valence-corrected chi connectivity index (χ1v) is 4.94. The van der Waals surface area contributed by atoms with Crippen LogP contribution in [-0.4, -0.2) is 25.8 Å². The van der Waals surface area contributed by atoms with Crippen molar-refractivity contribution in [1.29, 1.82) is 0 Å². The predicted octanol–water partition coefficient (Wildman–Crippen LogP) is 2.05. The molecule has 0 aliphatic heterocycles. The van der Waals surface area contributed by atoms with Crippen molar-refractivity contribution in [2.75, 3.05) is 19.8 Å². The summed E-state index contributed by atoms with van der Waals surface area (Å²) < 4.78 is 5.43. The molecule has 0 bridgehead atoms. The van der Waals surface area contributed by atoms with Gasteiger partial charge in [0.15, 0.2) is 0 Å². The molecule has 2 nitrogen and oxygen atoms in total. The zero-order valence-corrected chi connectivity index (χ0v) is 8.89. The minimum atomic E-state index is 0.568. The van der Waals surface area contributed by atoms with Crippen LogP contribution in [-0.2, 0) is 4.74 Å². The van der Waals surface area contributed by atoms with E-state index in [2.05, 4.69) is 33.0 Å². The molecular weight excluding hydrogens is 150 g/mol. The van der Waals surface area contributed by atoms with Gasteiger partial charge in [-0.1, -0.05) is 27.7 Å². The van der Waals surface area contributed by atoms with Crippen LogP contribution < -0.4 is 5.32 Å². The molecule has 12 heavy (non-hydrogen) atoms. The second-order valence-electron chi connectivity index (χ2n) is 3.90. The van der Waals surface area contributed by atoms with Crippen LogP contribution in [0.25, 0.3) is 0 Å². The average molecular weight is 173 g/mol. The molecule has 0 unspecified atom stereocenters. The highest BCUT2D eigenvalue weighted by Crippen LogP contribution is 1.98. The molecule has 0 atom stereocenters. The fourth-order valence-electron chi connectivity index (χ4n) is 0.841. The maximum absolute atomic E-state index is 5.43. The van der Waals surface area contributed by atoms with Crippen LogP contribution in [0.3, 0.4) is 0 Å². The fourth-order valence-corrected chi connectivity index (χ4v) is 0.841. The summed E-state index contributed by atoms with van der Waals surface area (Å²) in [6.45, 7) is 11.4. The van der Waals surface area contributed by atoms with Crippen LogP contribution in [0.4, 0.5) is 0 Å². The van der Waals surface area contributed by atoms with Gasteiger partial charge < -0.3 is 10.1 Å². The van der Waals surface area contributed by atoms with E-state index in [-0.39, 0.29) is 0 Å². The lowest BCUT2D eigenvalue weighted by atomic mass is 10.1. The normalized spacial score (nSPS) is 11.5. The van der Waals surface area contributed by atoms with Crippen molar-refractivity contribution >= 4 is 0 Å². The molecule has 0 aromatic carbocycles. The van der Waals surface area contributed by atoms with Gasteiger partial charge in [0, 0.05) is 19.2 Å². The summed E-state index contributed by atoms with van der Waals surface area (Å²) in [6.07, 6.45) is 1.17. The quantitative estimate of drug-likeness (QED) is 0.595. The first-order chi connectivity index (χ1) is 5.63. The van der Waals surface area contributed by atoms with E-state index in [0.717, 1.165) is 25.7 Å². The Labute approximate surface area is 76.7 Å². The lowest BCUT2D eigenvalue weighted by Gasteiger charge is -2.09. The largest absolute Gasteiger partial charge is 0.380 e. The summed E-state index contributed by atoms with van der Waals surface area (Å²) in [6, 6.07) is 0.568. The molecule has 0 aromatic rings. The Morgan fingerprint density at radius 2 is 1.75 bits per heavy atom. The Bertz CT molecular complexity index is 79.8. The first-order valence-electron chi connectivity index (χ1n) is 4.94. The number of hydrogen-bond acceptors (Lipinski definition) is 2. The summed E-state index contributed by atoms with van der Waals surface area (Å²) in [7, 11) is 0. The number of nitrogens with one attached hydrogen (secondary N) is 1. The molecule has 2 heteroatoms. The molecule has 0 spiro atoms. The third kappa shape index (κ3) is 9.92. The van der Waals surface area contributed by atoms with Gasteiger partial charge in [-0.25, -0.2) is 0 Å². The third-order valence-corrected chi connectivity index (χ3v) is 1.64. The van der Waals surface area contributed by atoms with E-state index in [0.29, 0.717) is 6.04 Å². The van der Waals surface area contributed by atoms with Gasteiger partial charge in [0.25, 0.3) is 0 Å². The highest BCUT2D eigenvalue weighted by atomic mass is 16.5. The van der Waals surface area contributed by atoms with Crippen molar-refractivity contribution in [3.8, 4) is 0 Å². The number of hydrogen-bond donors (Lipinski definition) is 1. The van der Waals surface area contributed by atoms with Crippen molar-refractivity contribution in [2.24, 2.45) is 5.92 Å². The Morgan fingerprint density at radius 1 is 1.08 bits per heavy atom. The molecule has 0 amide bonds. The topological polar surface area (TPSA) is 21.3 Å². The Kier molecular flexibility index (Phi) is 7.51. The fraction of sp³-hybridized carbons (Fsp3) is 1.00. The van der Waals surface area contributed by atoms with E-state index in [1.807, 2.05) is 0 Å². The first kappa shape index (κ1) is 11.9. The number of rotatable bonds is 7.